The van der Waals surface area contributed by atoms with Gasteiger partial charge >= 0.3 is 0 Å². The SMILES string of the molecule is CC[C@@H](C)c1ccccc1NC(=O)CSc1nc2ccccc2c(=O)n1CC(C)C. The molecule has 0 fully saturated rings. The van der Waals surface area contributed by atoms with E-state index in [9.17, 15) is 9.59 Å². The number of carbonyl (C=O) groups is 1. The van der Waals surface area contributed by atoms with E-state index < -0.39 is 0 Å². The molecule has 1 amide bonds. The van der Waals surface area contributed by atoms with E-state index in [0.717, 1.165) is 17.7 Å². The fraction of sp³-hybridized carbons (Fsp3) is 0.375. The van der Waals surface area contributed by atoms with Crippen molar-refractivity contribution < 1.29 is 4.79 Å². The molecule has 3 rings (SSSR count). The van der Waals surface area contributed by atoms with Crippen molar-refractivity contribution in [2.24, 2.45) is 5.92 Å². The van der Waals surface area contributed by atoms with Crippen LogP contribution in [0.25, 0.3) is 10.9 Å². The van der Waals surface area contributed by atoms with E-state index >= 15 is 0 Å². The molecule has 158 valence electrons. The molecule has 0 bridgehead atoms. The third kappa shape index (κ3) is 5.11. The van der Waals surface area contributed by atoms with Gasteiger partial charge in [0.15, 0.2) is 5.16 Å². The lowest BCUT2D eigenvalue weighted by molar-refractivity contribution is -0.113. The molecule has 0 spiro atoms. The Morgan fingerprint density at radius 2 is 1.80 bits per heavy atom. The first-order chi connectivity index (χ1) is 14.4. The van der Waals surface area contributed by atoms with Crippen molar-refractivity contribution in [3.8, 4) is 0 Å². The van der Waals surface area contributed by atoms with Crippen molar-refractivity contribution in [2.45, 2.75) is 51.7 Å². The molecule has 1 heterocycles. The molecule has 0 aliphatic carbocycles. The normalized spacial score (nSPS) is 12.3. The number of benzene rings is 2. The Kier molecular flexibility index (Phi) is 7.32. The fourth-order valence-electron chi connectivity index (χ4n) is 3.36. The van der Waals surface area contributed by atoms with Gasteiger partial charge in [0.1, 0.15) is 0 Å². The quantitative estimate of drug-likeness (QED) is 0.395. The van der Waals surface area contributed by atoms with Gasteiger partial charge in [-0.1, -0.05) is 69.8 Å². The molecule has 0 saturated carbocycles. The van der Waals surface area contributed by atoms with E-state index in [2.05, 4.69) is 44.1 Å². The Labute approximate surface area is 181 Å². The monoisotopic (exact) mass is 423 g/mol. The van der Waals surface area contributed by atoms with Crippen molar-refractivity contribution in [1.29, 1.82) is 0 Å². The van der Waals surface area contributed by atoms with Gasteiger partial charge in [-0.2, -0.15) is 0 Å². The zero-order valence-electron chi connectivity index (χ0n) is 18.0. The number of hydrogen-bond acceptors (Lipinski definition) is 4. The third-order valence-corrected chi connectivity index (χ3v) is 6.06. The average molecular weight is 424 g/mol. The standard InChI is InChI=1S/C24H29N3O2S/c1-5-17(4)18-10-6-8-12-20(18)25-22(28)15-30-24-26-21-13-9-7-11-19(21)23(29)27(24)14-16(2)3/h6-13,16-17H,5,14-15H2,1-4H3,(H,25,28)/t17-/m1/s1. The molecule has 2 aromatic carbocycles. The second-order valence-corrected chi connectivity index (χ2v) is 8.90. The highest BCUT2D eigenvalue weighted by molar-refractivity contribution is 7.99. The number of para-hydroxylation sites is 2. The van der Waals surface area contributed by atoms with Crippen LogP contribution in [-0.4, -0.2) is 21.2 Å². The number of aromatic nitrogens is 2. The number of hydrogen-bond donors (Lipinski definition) is 1. The van der Waals surface area contributed by atoms with Crippen LogP contribution in [0.15, 0.2) is 58.5 Å². The first kappa shape index (κ1) is 22.1. The largest absolute Gasteiger partial charge is 0.325 e. The van der Waals surface area contributed by atoms with Crippen LogP contribution in [0.2, 0.25) is 0 Å². The highest BCUT2D eigenvalue weighted by Gasteiger charge is 2.15. The smallest absolute Gasteiger partial charge is 0.262 e. The van der Waals surface area contributed by atoms with E-state index in [1.807, 2.05) is 36.4 Å². The Balaban J connectivity index is 1.82. The van der Waals surface area contributed by atoms with Gasteiger partial charge in [-0.15, -0.1) is 0 Å². The summed E-state index contributed by atoms with van der Waals surface area (Å²) >= 11 is 1.31. The first-order valence-electron chi connectivity index (χ1n) is 10.4. The number of fused-ring (bicyclic) bond motifs is 1. The van der Waals surface area contributed by atoms with Crippen molar-refractivity contribution in [3.05, 3.63) is 64.4 Å². The Hall–Kier alpha value is -2.60. The molecular formula is C24H29N3O2S. The van der Waals surface area contributed by atoms with Gasteiger partial charge in [0.05, 0.1) is 16.7 Å². The second kappa shape index (κ2) is 9.94. The van der Waals surface area contributed by atoms with Gasteiger partial charge in [0.25, 0.3) is 5.56 Å². The fourth-order valence-corrected chi connectivity index (χ4v) is 4.17. The topological polar surface area (TPSA) is 64.0 Å². The highest BCUT2D eigenvalue weighted by atomic mass is 32.2. The van der Waals surface area contributed by atoms with Crippen molar-refractivity contribution in [3.63, 3.8) is 0 Å². The summed E-state index contributed by atoms with van der Waals surface area (Å²) in [5.74, 6) is 0.751. The summed E-state index contributed by atoms with van der Waals surface area (Å²) in [6.45, 7) is 8.99. The Morgan fingerprint density at radius 1 is 1.10 bits per heavy atom. The Bertz CT molecular complexity index is 1090. The molecule has 3 aromatic rings. The summed E-state index contributed by atoms with van der Waals surface area (Å²) in [5.41, 5.74) is 2.59. The lowest BCUT2D eigenvalue weighted by atomic mass is 9.97. The molecule has 1 aromatic heterocycles. The molecule has 0 aliphatic rings. The Morgan fingerprint density at radius 3 is 2.53 bits per heavy atom. The summed E-state index contributed by atoms with van der Waals surface area (Å²) < 4.78 is 1.69. The molecule has 1 atom stereocenters. The number of anilines is 1. The zero-order valence-corrected chi connectivity index (χ0v) is 18.8. The lowest BCUT2D eigenvalue weighted by Crippen LogP contribution is -2.26. The molecular weight excluding hydrogens is 394 g/mol. The minimum Gasteiger partial charge on any atom is -0.325 e. The molecule has 6 heteroatoms. The van der Waals surface area contributed by atoms with Gasteiger partial charge in [-0.25, -0.2) is 4.98 Å². The van der Waals surface area contributed by atoms with Crippen molar-refractivity contribution in [2.75, 3.05) is 11.1 Å². The minimum absolute atomic E-state index is 0.0562. The predicted molar refractivity (Wildman–Crippen MR) is 125 cm³/mol. The maximum absolute atomic E-state index is 13.0. The van der Waals surface area contributed by atoms with Crippen LogP contribution >= 0.6 is 11.8 Å². The summed E-state index contributed by atoms with van der Waals surface area (Å²) in [7, 11) is 0. The van der Waals surface area contributed by atoms with Crippen molar-refractivity contribution >= 4 is 34.3 Å². The van der Waals surface area contributed by atoms with Gasteiger partial charge in [-0.3, -0.25) is 14.2 Å². The molecule has 5 nitrogen and oxygen atoms in total. The van der Waals surface area contributed by atoms with E-state index in [4.69, 9.17) is 0 Å². The lowest BCUT2D eigenvalue weighted by Gasteiger charge is -2.16. The molecule has 30 heavy (non-hydrogen) atoms. The molecule has 1 N–H and O–H groups in total. The average Bonchev–Trinajstić information content (AvgIpc) is 2.74. The second-order valence-electron chi connectivity index (χ2n) is 7.95. The van der Waals surface area contributed by atoms with Crippen LogP contribution in [0.1, 0.15) is 45.6 Å². The highest BCUT2D eigenvalue weighted by Crippen LogP contribution is 2.27. The predicted octanol–water partition coefficient (Wildman–Crippen LogP) is 5.30. The van der Waals surface area contributed by atoms with E-state index in [1.54, 1.807) is 10.6 Å². The number of carbonyl (C=O) groups excluding carboxylic acids is 1. The first-order valence-corrected chi connectivity index (χ1v) is 11.4. The van der Waals surface area contributed by atoms with Gasteiger partial charge in [-0.05, 0) is 42.0 Å². The number of amides is 1. The molecule has 0 aliphatic heterocycles. The minimum atomic E-state index is -0.103. The number of nitrogens with one attached hydrogen (secondary N) is 1. The molecule has 0 radical (unpaired) electrons. The maximum Gasteiger partial charge on any atom is 0.262 e. The van der Waals surface area contributed by atoms with E-state index in [1.165, 1.54) is 11.8 Å². The van der Waals surface area contributed by atoms with E-state index in [-0.39, 0.29) is 17.2 Å². The van der Waals surface area contributed by atoms with Gasteiger partial charge in [0.2, 0.25) is 5.91 Å². The van der Waals surface area contributed by atoms with Crippen LogP contribution in [-0.2, 0) is 11.3 Å². The number of nitrogens with zero attached hydrogens (tertiary/aromatic N) is 2. The zero-order chi connectivity index (χ0) is 21.7. The number of thioether (sulfide) groups is 1. The number of rotatable bonds is 8. The van der Waals surface area contributed by atoms with Gasteiger partial charge in [0, 0.05) is 12.2 Å². The van der Waals surface area contributed by atoms with Crippen molar-refractivity contribution in [1.82, 2.24) is 9.55 Å². The van der Waals surface area contributed by atoms with Crippen LogP contribution in [0.5, 0.6) is 0 Å². The van der Waals surface area contributed by atoms with Gasteiger partial charge < -0.3 is 5.32 Å². The third-order valence-electron chi connectivity index (χ3n) is 5.08. The van der Waals surface area contributed by atoms with Crippen LogP contribution in [0.4, 0.5) is 5.69 Å². The van der Waals surface area contributed by atoms with Crippen LogP contribution < -0.4 is 10.9 Å². The molecule has 0 saturated heterocycles. The van der Waals surface area contributed by atoms with E-state index in [0.29, 0.717) is 34.4 Å². The van der Waals surface area contributed by atoms with Crippen LogP contribution in [0.3, 0.4) is 0 Å². The summed E-state index contributed by atoms with van der Waals surface area (Å²) in [5, 5.41) is 4.22. The molecule has 0 unspecified atom stereocenters. The summed E-state index contributed by atoms with van der Waals surface area (Å²) in [6.07, 6.45) is 1.00. The summed E-state index contributed by atoms with van der Waals surface area (Å²) in [6, 6.07) is 15.3. The van der Waals surface area contributed by atoms with Crippen LogP contribution in [0, 0.1) is 5.92 Å². The summed E-state index contributed by atoms with van der Waals surface area (Å²) in [4.78, 5) is 30.3. The maximum atomic E-state index is 13.0.